The lowest BCUT2D eigenvalue weighted by Gasteiger charge is -2.26. The highest BCUT2D eigenvalue weighted by Crippen LogP contribution is 2.38. The first-order valence-corrected chi connectivity index (χ1v) is 9.49. The van der Waals surface area contributed by atoms with Gasteiger partial charge in [0.05, 0.1) is 0 Å². The molecule has 0 bridgehead atoms. The Morgan fingerprint density at radius 1 is 0.920 bits per heavy atom. The van der Waals surface area contributed by atoms with E-state index in [1.54, 1.807) is 0 Å². The summed E-state index contributed by atoms with van der Waals surface area (Å²) in [6, 6.07) is 10.1. The van der Waals surface area contributed by atoms with E-state index in [1.807, 2.05) is 30.3 Å². The van der Waals surface area contributed by atoms with E-state index in [1.165, 1.54) is 5.56 Å². The number of benzene rings is 1. The van der Waals surface area contributed by atoms with Crippen LogP contribution in [0.3, 0.4) is 0 Å². The van der Waals surface area contributed by atoms with E-state index in [-0.39, 0.29) is 11.8 Å². The number of nitrogens with two attached hydrogens (primary N) is 1. The summed E-state index contributed by atoms with van der Waals surface area (Å²) in [5.41, 5.74) is 5.80. The molecule has 0 radical (unpaired) electrons. The molecule has 2 rings (SSSR count). The smallest absolute Gasteiger partial charge is 0.235 e. The molecule has 0 unspecified atom stereocenters. The predicted molar refractivity (Wildman–Crippen MR) is 100.0 cm³/mol. The van der Waals surface area contributed by atoms with Gasteiger partial charge < -0.3 is 16.4 Å². The minimum atomic E-state index is -0.870. The summed E-state index contributed by atoms with van der Waals surface area (Å²) in [6.07, 6.45) is 6.85. The highest BCUT2D eigenvalue weighted by atomic mass is 16.2. The summed E-state index contributed by atoms with van der Waals surface area (Å²) < 4.78 is 0. The largest absolute Gasteiger partial charge is 0.355 e. The van der Waals surface area contributed by atoms with Gasteiger partial charge in [0.1, 0.15) is 5.41 Å². The van der Waals surface area contributed by atoms with Gasteiger partial charge in [-0.3, -0.25) is 9.59 Å². The molecule has 0 aromatic heterocycles. The van der Waals surface area contributed by atoms with Crippen LogP contribution in [0, 0.1) is 5.41 Å². The minimum absolute atomic E-state index is 0.102. The lowest BCUT2D eigenvalue weighted by molar-refractivity contribution is -0.143. The van der Waals surface area contributed by atoms with Crippen LogP contribution in [0.25, 0.3) is 0 Å². The molecule has 0 heterocycles. The van der Waals surface area contributed by atoms with Gasteiger partial charge in [0.15, 0.2) is 0 Å². The van der Waals surface area contributed by atoms with Crippen LogP contribution < -0.4 is 16.4 Å². The molecule has 4 N–H and O–H groups in total. The summed E-state index contributed by atoms with van der Waals surface area (Å²) in [4.78, 5) is 25.4. The third kappa shape index (κ3) is 5.56. The Hall–Kier alpha value is -1.88. The van der Waals surface area contributed by atoms with Crippen molar-refractivity contribution in [3.05, 3.63) is 35.9 Å². The molecule has 1 fully saturated rings. The van der Waals surface area contributed by atoms with Crippen molar-refractivity contribution >= 4 is 11.8 Å². The monoisotopic (exact) mass is 345 g/mol. The van der Waals surface area contributed by atoms with Crippen LogP contribution in [0.4, 0.5) is 0 Å². The Morgan fingerprint density at radius 3 is 2.20 bits per heavy atom. The van der Waals surface area contributed by atoms with Gasteiger partial charge in [-0.25, -0.2) is 0 Å². The standard InChI is InChI=1S/C20H31N3O2/c21-14-7-2-8-15-22-18(24)20(12-5-6-13-20)19(25)23-16-11-17-9-3-1-4-10-17/h1,3-4,9-10H,2,5-8,11-16,21H2,(H,22,24)(H,23,25). The molecule has 1 aromatic carbocycles. The number of rotatable bonds is 10. The summed E-state index contributed by atoms with van der Waals surface area (Å²) in [5.74, 6) is -0.213. The van der Waals surface area contributed by atoms with E-state index in [0.717, 1.165) is 38.5 Å². The maximum atomic E-state index is 12.7. The Balaban J connectivity index is 1.82. The van der Waals surface area contributed by atoms with Crippen molar-refractivity contribution in [2.24, 2.45) is 11.1 Å². The quantitative estimate of drug-likeness (QED) is 0.449. The fourth-order valence-corrected chi connectivity index (χ4v) is 3.49. The van der Waals surface area contributed by atoms with Gasteiger partial charge in [0.25, 0.3) is 0 Å². The van der Waals surface area contributed by atoms with Crippen molar-refractivity contribution in [1.29, 1.82) is 0 Å². The maximum Gasteiger partial charge on any atom is 0.235 e. The average molecular weight is 345 g/mol. The molecular formula is C20H31N3O2. The van der Waals surface area contributed by atoms with Gasteiger partial charge >= 0.3 is 0 Å². The molecular weight excluding hydrogens is 314 g/mol. The molecule has 0 atom stereocenters. The Kier molecular flexibility index (Phi) is 7.92. The van der Waals surface area contributed by atoms with Gasteiger partial charge in [-0.15, -0.1) is 0 Å². The maximum absolute atomic E-state index is 12.7. The highest BCUT2D eigenvalue weighted by molar-refractivity contribution is 6.05. The lowest BCUT2D eigenvalue weighted by Crippen LogP contribution is -2.50. The zero-order valence-corrected chi connectivity index (χ0v) is 15.1. The van der Waals surface area contributed by atoms with Crippen molar-refractivity contribution in [3.8, 4) is 0 Å². The summed E-state index contributed by atoms with van der Waals surface area (Å²) >= 11 is 0. The number of hydrogen-bond acceptors (Lipinski definition) is 3. The van der Waals surface area contributed by atoms with E-state index >= 15 is 0 Å². The fourth-order valence-electron chi connectivity index (χ4n) is 3.49. The van der Waals surface area contributed by atoms with E-state index < -0.39 is 5.41 Å². The van der Waals surface area contributed by atoms with Gasteiger partial charge in [-0.05, 0) is 44.2 Å². The third-order valence-electron chi connectivity index (χ3n) is 5.03. The lowest BCUT2D eigenvalue weighted by atomic mass is 9.83. The summed E-state index contributed by atoms with van der Waals surface area (Å²) in [6.45, 7) is 1.87. The number of carbonyl (C=O) groups excluding carboxylic acids is 2. The van der Waals surface area contributed by atoms with Crippen molar-refractivity contribution in [2.45, 2.75) is 51.4 Å². The van der Waals surface area contributed by atoms with Crippen LogP contribution in [-0.2, 0) is 16.0 Å². The van der Waals surface area contributed by atoms with Crippen LogP contribution in [0.15, 0.2) is 30.3 Å². The number of unbranched alkanes of at least 4 members (excludes halogenated alkanes) is 2. The Morgan fingerprint density at radius 2 is 1.56 bits per heavy atom. The van der Waals surface area contributed by atoms with Crippen LogP contribution in [0.5, 0.6) is 0 Å². The van der Waals surface area contributed by atoms with Crippen LogP contribution >= 0.6 is 0 Å². The molecule has 138 valence electrons. The molecule has 25 heavy (non-hydrogen) atoms. The number of amides is 2. The molecule has 0 aliphatic heterocycles. The van der Waals surface area contributed by atoms with E-state index in [2.05, 4.69) is 10.6 Å². The molecule has 5 heteroatoms. The molecule has 1 saturated carbocycles. The molecule has 5 nitrogen and oxygen atoms in total. The van der Waals surface area contributed by atoms with Crippen LogP contribution in [0.2, 0.25) is 0 Å². The second kappa shape index (κ2) is 10.2. The average Bonchev–Trinajstić information content (AvgIpc) is 3.13. The Bertz CT molecular complexity index is 539. The minimum Gasteiger partial charge on any atom is -0.355 e. The zero-order valence-electron chi connectivity index (χ0n) is 15.1. The first kappa shape index (κ1) is 19.4. The predicted octanol–water partition coefficient (Wildman–Crippen LogP) is 2.15. The van der Waals surface area contributed by atoms with E-state index in [4.69, 9.17) is 5.73 Å². The first-order chi connectivity index (χ1) is 12.2. The molecule has 1 aliphatic carbocycles. The SMILES string of the molecule is NCCCCCNC(=O)C1(C(=O)NCCc2ccccc2)CCCC1. The molecule has 2 amide bonds. The van der Waals surface area contributed by atoms with Crippen molar-refractivity contribution in [3.63, 3.8) is 0 Å². The van der Waals surface area contributed by atoms with Crippen LogP contribution in [-0.4, -0.2) is 31.4 Å². The number of nitrogens with one attached hydrogen (secondary N) is 2. The molecule has 1 aromatic rings. The molecule has 0 saturated heterocycles. The second-order valence-electron chi connectivity index (χ2n) is 6.89. The van der Waals surface area contributed by atoms with E-state index in [9.17, 15) is 9.59 Å². The van der Waals surface area contributed by atoms with Crippen molar-refractivity contribution in [2.75, 3.05) is 19.6 Å². The first-order valence-electron chi connectivity index (χ1n) is 9.49. The van der Waals surface area contributed by atoms with Crippen molar-refractivity contribution in [1.82, 2.24) is 10.6 Å². The normalized spacial score (nSPS) is 15.7. The fraction of sp³-hybridized carbons (Fsp3) is 0.600. The number of carbonyl (C=O) groups is 2. The zero-order chi connectivity index (χ0) is 18.0. The summed E-state index contributed by atoms with van der Waals surface area (Å²) in [7, 11) is 0. The van der Waals surface area contributed by atoms with Crippen LogP contribution in [0.1, 0.15) is 50.5 Å². The van der Waals surface area contributed by atoms with Gasteiger partial charge in [-0.2, -0.15) is 0 Å². The highest BCUT2D eigenvalue weighted by Gasteiger charge is 2.47. The van der Waals surface area contributed by atoms with Gasteiger partial charge in [-0.1, -0.05) is 49.6 Å². The number of hydrogen-bond donors (Lipinski definition) is 3. The Labute approximate surface area is 150 Å². The van der Waals surface area contributed by atoms with Gasteiger partial charge in [0.2, 0.25) is 11.8 Å². The van der Waals surface area contributed by atoms with Gasteiger partial charge in [0, 0.05) is 13.1 Å². The third-order valence-corrected chi connectivity index (χ3v) is 5.03. The summed E-state index contributed by atoms with van der Waals surface area (Å²) in [5, 5.41) is 5.96. The topological polar surface area (TPSA) is 84.2 Å². The molecule has 1 aliphatic rings. The van der Waals surface area contributed by atoms with Crippen molar-refractivity contribution < 1.29 is 9.59 Å². The van der Waals surface area contributed by atoms with E-state index in [0.29, 0.717) is 32.5 Å². The molecule has 0 spiro atoms. The second-order valence-corrected chi connectivity index (χ2v) is 6.89.